The highest BCUT2D eigenvalue weighted by atomic mass is 14.7. The highest BCUT2D eigenvalue weighted by molar-refractivity contribution is 5.13. The molecular formula is C12H17N. The van der Waals surface area contributed by atoms with E-state index in [0.717, 1.165) is 17.8 Å². The molecule has 13 heavy (non-hydrogen) atoms. The highest BCUT2D eigenvalue weighted by Gasteiger charge is 2.32. The number of hydrogen-bond acceptors (Lipinski definition) is 1. The first kappa shape index (κ1) is 8.74. The molecule has 0 aliphatic heterocycles. The van der Waals surface area contributed by atoms with Crippen LogP contribution < -0.4 is 0 Å². The maximum Gasteiger partial charge on any atom is 0.0434 e. The minimum atomic E-state index is 0.744. The summed E-state index contributed by atoms with van der Waals surface area (Å²) in [4.78, 5) is 4.39. The molecule has 0 aromatic carbocycles. The van der Waals surface area contributed by atoms with Crippen molar-refractivity contribution >= 4 is 0 Å². The summed E-state index contributed by atoms with van der Waals surface area (Å²) < 4.78 is 0. The smallest absolute Gasteiger partial charge is 0.0434 e. The molecule has 0 radical (unpaired) electrons. The van der Waals surface area contributed by atoms with Gasteiger partial charge in [-0.15, -0.1) is 0 Å². The first-order valence-corrected chi connectivity index (χ1v) is 5.18. The third-order valence-electron chi connectivity index (χ3n) is 3.22. The summed E-state index contributed by atoms with van der Waals surface area (Å²) in [5.41, 5.74) is 1.29. The quantitative estimate of drug-likeness (QED) is 0.672. The SMILES string of the molecule is CC(C)C1CC(c2ccccn2)C1. The van der Waals surface area contributed by atoms with Gasteiger partial charge in [0.25, 0.3) is 0 Å². The van der Waals surface area contributed by atoms with Crippen molar-refractivity contribution in [3.63, 3.8) is 0 Å². The van der Waals surface area contributed by atoms with Crippen molar-refractivity contribution in [3.8, 4) is 0 Å². The van der Waals surface area contributed by atoms with Crippen LogP contribution in [0.25, 0.3) is 0 Å². The zero-order valence-corrected chi connectivity index (χ0v) is 8.40. The molecule has 1 saturated carbocycles. The molecule has 2 rings (SSSR count). The topological polar surface area (TPSA) is 12.9 Å². The Bertz CT molecular complexity index is 260. The molecule has 1 aliphatic rings. The Morgan fingerprint density at radius 1 is 1.31 bits per heavy atom. The number of rotatable bonds is 2. The lowest BCUT2D eigenvalue weighted by Gasteiger charge is -2.37. The maximum absolute atomic E-state index is 4.39. The average Bonchev–Trinajstić information content (AvgIpc) is 2.02. The normalized spacial score (nSPS) is 27.3. The molecule has 1 aromatic heterocycles. The first-order chi connectivity index (χ1) is 6.27. The van der Waals surface area contributed by atoms with E-state index in [9.17, 15) is 0 Å². The summed E-state index contributed by atoms with van der Waals surface area (Å²) in [6, 6.07) is 6.23. The Morgan fingerprint density at radius 3 is 2.62 bits per heavy atom. The summed E-state index contributed by atoms with van der Waals surface area (Å²) in [5, 5.41) is 0. The number of pyridine rings is 1. The van der Waals surface area contributed by atoms with Gasteiger partial charge in [0, 0.05) is 17.8 Å². The zero-order valence-electron chi connectivity index (χ0n) is 8.40. The van der Waals surface area contributed by atoms with Gasteiger partial charge in [0.15, 0.2) is 0 Å². The van der Waals surface area contributed by atoms with Crippen LogP contribution in [0.3, 0.4) is 0 Å². The van der Waals surface area contributed by atoms with Crippen molar-refractivity contribution in [3.05, 3.63) is 30.1 Å². The average molecular weight is 175 g/mol. The van der Waals surface area contributed by atoms with Gasteiger partial charge in [-0.1, -0.05) is 19.9 Å². The van der Waals surface area contributed by atoms with Crippen molar-refractivity contribution in [1.82, 2.24) is 4.98 Å². The Labute approximate surface area is 80.2 Å². The van der Waals surface area contributed by atoms with E-state index in [2.05, 4.69) is 31.0 Å². The van der Waals surface area contributed by atoms with Crippen molar-refractivity contribution in [2.24, 2.45) is 11.8 Å². The van der Waals surface area contributed by atoms with Crippen LogP contribution in [0, 0.1) is 11.8 Å². The van der Waals surface area contributed by atoms with Gasteiger partial charge in [-0.3, -0.25) is 4.98 Å². The van der Waals surface area contributed by atoms with Crippen LogP contribution in [-0.4, -0.2) is 4.98 Å². The van der Waals surface area contributed by atoms with E-state index in [-0.39, 0.29) is 0 Å². The zero-order chi connectivity index (χ0) is 9.26. The Kier molecular flexibility index (Phi) is 2.34. The van der Waals surface area contributed by atoms with Gasteiger partial charge in [0.2, 0.25) is 0 Å². The molecule has 0 N–H and O–H groups in total. The molecule has 0 saturated heterocycles. The van der Waals surface area contributed by atoms with Crippen molar-refractivity contribution < 1.29 is 0 Å². The molecule has 70 valence electrons. The van der Waals surface area contributed by atoms with E-state index in [4.69, 9.17) is 0 Å². The van der Waals surface area contributed by atoms with Crippen molar-refractivity contribution in [2.45, 2.75) is 32.6 Å². The molecule has 0 amide bonds. The predicted octanol–water partition coefficient (Wildman–Crippen LogP) is 3.23. The van der Waals surface area contributed by atoms with Crippen molar-refractivity contribution in [1.29, 1.82) is 0 Å². The standard InChI is InChI=1S/C12H17N/c1-9(2)10-7-11(8-10)12-5-3-4-6-13-12/h3-6,9-11H,7-8H2,1-2H3. The number of aromatic nitrogens is 1. The summed E-state index contributed by atoms with van der Waals surface area (Å²) in [6.45, 7) is 4.64. The molecule has 1 aliphatic carbocycles. The lowest BCUT2D eigenvalue weighted by molar-refractivity contribution is 0.193. The fourth-order valence-corrected chi connectivity index (χ4v) is 2.07. The van der Waals surface area contributed by atoms with Gasteiger partial charge >= 0.3 is 0 Å². The number of nitrogens with zero attached hydrogens (tertiary/aromatic N) is 1. The first-order valence-electron chi connectivity index (χ1n) is 5.18. The maximum atomic E-state index is 4.39. The lowest BCUT2D eigenvalue weighted by atomic mass is 9.68. The van der Waals surface area contributed by atoms with Gasteiger partial charge in [0.05, 0.1) is 0 Å². The summed E-state index contributed by atoms with van der Waals surface area (Å²) >= 11 is 0. The third-order valence-corrected chi connectivity index (χ3v) is 3.22. The van der Waals surface area contributed by atoms with Gasteiger partial charge in [-0.05, 0) is 36.8 Å². The van der Waals surface area contributed by atoms with Gasteiger partial charge in [-0.25, -0.2) is 0 Å². The minimum Gasteiger partial charge on any atom is -0.261 e. The van der Waals surface area contributed by atoms with Crippen LogP contribution in [0.5, 0.6) is 0 Å². The van der Waals surface area contributed by atoms with Crippen LogP contribution in [0.2, 0.25) is 0 Å². The van der Waals surface area contributed by atoms with E-state index in [1.165, 1.54) is 18.5 Å². The molecule has 0 bridgehead atoms. The van der Waals surface area contributed by atoms with Crippen molar-refractivity contribution in [2.75, 3.05) is 0 Å². The second-order valence-electron chi connectivity index (χ2n) is 4.43. The summed E-state index contributed by atoms with van der Waals surface area (Å²) in [7, 11) is 0. The Balaban J connectivity index is 1.94. The Hall–Kier alpha value is -0.850. The summed E-state index contributed by atoms with van der Waals surface area (Å²) in [6.07, 6.45) is 4.58. The minimum absolute atomic E-state index is 0.744. The van der Waals surface area contributed by atoms with Crippen LogP contribution in [-0.2, 0) is 0 Å². The van der Waals surface area contributed by atoms with Gasteiger partial charge < -0.3 is 0 Å². The van der Waals surface area contributed by atoms with Gasteiger partial charge in [-0.2, -0.15) is 0 Å². The summed E-state index contributed by atoms with van der Waals surface area (Å²) in [5.74, 6) is 2.53. The molecule has 1 heteroatoms. The van der Waals surface area contributed by atoms with E-state index in [0.29, 0.717) is 0 Å². The lowest BCUT2D eigenvalue weighted by Crippen LogP contribution is -2.26. The monoisotopic (exact) mass is 175 g/mol. The molecule has 1 nitrogen and oxygen atoms in total. The highest BCUT2D eigenvalue weighted by Crippen LogP contribution is 2.44. The Morgan fingerprint density at radius 2 is 2.08 bits per heavy atom. The second-order valence-corrected chi connectivity index (χ2v) is 4.43. The van der Waals surface area contributed by atoms with Crippen LogP contribution in [0.4, 0.5) is 0 Å². The molecule has 0 unspecified atom stereocenters. The van der Waals surface area contributed by atoms with E-state index in [1.54, 1.807) is 0 Å². The molecule has 1 heterocycles. The molecule has 0 spiro atoms. The van der Waals surface area contributed by atoms with E-state index >= 15 is 0 Å². The van der Waals surface area contributed by atoms with E-state index < -0.39 is 0 Å². The molecule has 1 fully saturated rings. The molecular weight excluding hydrogens is 158 g/mol. The third kappa shape index (κ3) is 1.74. The molecule has 0 atom stereocenters. The van der Waals surface area contributed by atoms with E-state index in [1.807, 2.05) is 12.3 Å². The molecule has 1 aromatic rings. The van der Waals surface area contributed by atoms with Gasteiger partial charge in [0.1, 0.15) is 0 Å². The fourth-order valence-electron chi connectivity index (χ4n) is 2.07. The van der Waals surface area contributed by atoms with Crippen LogP contribution in [0.1, 0.15) is 38.3 Å². The van der Waals surface area contributed by atoms with Crippen LogP contribution >= 0.6 is 0 Å². The number of hydrogen-bond donors (Lipinski definition) is 0. The largest absolute Gasteiger partial charge is 0.261 e. The predicted molar refractivity (Wildman–Crippen MR) is 54.5 cm³/mol. The fraction of sp³-hybridized carbons (Fsp3) is 0.583. The van der Waals surface area contributed by atoms with Crippen LogP contribution in [0.15, 0.2) is 24.4 Å². The second kappa shape index (κ2) is 3.49.